The molecule has 0 aliphatic carbocycles. The van der Waals surface area contributed by atoms with Crippen LogP contribution >= 0.6 is 23.2 Å². The predicted molar refractivity (Wildman–Crippen MR) is 123 cm³/mol. The Kier molecular flexibility index (Phi) is 5.95. The van der Waals surface area contributed by atoms with Crippen LogP contribution in [-0.4, -0.2) is 43.5 Å². The second-order valence-corrected chi connectivity index (χ2v) is 8.00. The maximum absolute atomic E-state index is 12.9. The Morgan fingerprint density at radius 2 is 1.66 bits per heavy atom. The van der Waals surface area contributed by atoms with Crippen molar-refractivity contribution in [3.05, 3.63) is 70.2 Å². The van der Waals surface area contributed by atoms with Crippen LogP contribution in [0.4, 0.5) is 11.4 Å². The number of piperazine rings is 1. The van der Waals surface area contributed by atoms with Crippen molar-refractivity contribution < 1.29 is 4.79 Å². The monoisotopic (exact) mass is 427 g/mol. The van der Waals surface area contributed by atoms with Crippen LogP contribution in [0.15, 0.2) is 54.6 Å². The molecule has 3 aromatic rings. The molecule has 0 atom stereocenters. The minimum atomic E-state index is -0.182. The fourth-order valence-corrected chi connectivity index (χ4v) is 4.35. The first kappa shape index (κ1) is 20.0. The van der Waals surface area contributed by atoms with E-state index in [2.05, 4.69) is 22.0 Å². The molecule has 29 heavy (non-hydrogen) atoms. The van der Waals surface area contributed by atoms with Crippen LogP contribution in [0.25, 0.3) is 10.8 Å². The molecular weight excluding hydrogens is 405 g/mol. The maximum atomic E-state index is 12.9. The minimum Gasteiger partial charge on any atom is -0.368 e. The third-order valence-electron chi connectivity index (χ3n) is 5.48. The largest absolute Gasteiger partial charge is 0.368 e. The first-order chi connectivity index (χ1) is 14.1. The van der Waals surface area contributed by atoms with Crippen molar-refractivity contribution in [3.63, 3.8) is 0 Å². The first-order valence-corrected chi connectivity index (χ1v) is 10.6. The lowest BCUT2D eigenvalue weighted by Gasteiger charge is -2.36. The number of carbonyl (C=O) groups excluding carboxylic acids is 1. The van der Waals surface area contributed by atoms with Crippen LogP contribution in [0.2, 0.25) is 10.0 Å². The standard InChI is InChI=1S/C23H23Cl2N3O/c1-2-27-11-13-28(14-12-27)22-10-9-16(15-21(22)25)26-23(29)19-7-3-6-18-17(19)5-4-8-20(18)24/h3-10,15H,2,11-14H2,1H3,(H,26,29). The highest BCUT2D eigenvalue weighted by atomic mass is 35.5. The molecule has 0 unspecified atom stereocenters. The Morgan fingerprint density at radius 3 is 2.38 bits per heavy atom. The van der Waals surface area contributed by atoms with Gasteiger partial charge in [0.15, 0.2) is 0 Å². The molecule has 1 aliphatic rings. The summed E-state index contributed by atoms with van der Waals surface area (Å²) >= 11 is 12.8. The van der Waals surface area contributed by atoms with Crippen LogP contribution in [-0.2, 0) is 0 Å². The van der Waals surface area contributed by atoms with Crippen LogP contribution in [0.3, 0.4) is 0 Å². The van der Waals surface area contributed by atoms with Gasteiger partial charge in [0.1, 0.15) is 0 Å². The zero-order valence-electron chi connectivity index (χ0n) is 16.3. The number of amides is 1. The fraction of sp³-hybridized carbons (Fsp3) is 0.261. The minimum absolute atomic E-state index is 0.182. The van der Waals surface area contributed by atoms with Crippen molar-refractivity contribution in [3.8, 4) is 0 Å². The van der Waals surface area contributed by atoms with Crippen molar-refractivity contribution in [1.82, 2.24) is 4.90 Å². The van der Waals surface area contributed by atoms with E-state index < -0.39 is 0 Å². The van der Waals surface area contributed by atoms with Crippen molar-refractivity contribution in [2.75, 3.05) is 42.9 Å². The highest BCUT2D eigenvalue weighted by molar-refractivity contribution is 6.36. The van der Waals surface area contributed by atoms with E-state index in [1.165, 1.54) is 0 Å². The molecule has 1 N–H and O–H groups in total. The molecule has 150 valence electrons. The van der Waals surface area contributed by atoms with E-state index in [4.69, 9.17) is 23.2 Å². The molecule has 4 nitrogen and oxygen atoms in total. The average molecular weight is 428 g/mol. The van der Waals surface area contributed by atoms with Crippen LogP contribution in [0.1, 0.15) is 17.3 Å². The molecule has 1 amide bonds. The van der Waals surface area contributed by atoms with Crippen LogP contribution in [0, 0.1) is 0 Å². The van der Waals surface area contributed by atoms with Gasteiger partial charge in [0, 0.05) is 47.8 Å². The third kappa shape index (κ3) is 4.20. The number of hydrogen-bond acceptors (Lipinski definition) is 3. The number of nitrogens with one attached hydrogen (secondary N) is 1. The van der Waals surface area contributed by atoms with Gasteiger partial charge in [-0.05, 0) is 42.3 Å². The molecule has 0 bridgehead atoms. The number of likely N-dealkylation sites (N-methyl/N-ethyl adjacent to an activating group) is 1. The van der Waals surface area contributed by atoms with Gasteiger partial charge in [-0.15, -0.1) is 0 Å². The van der Waals surface area contributed by atoms with E-state index in [-0.39, 0.29) is 5.91 Å². The van der Waals surface area contributed by atoms with Gasteiger partial charge < -0.3 is 15.1 Å². The molecule has 0 spiro atoms. The van der Waals surface area contributed by atoms with Gasteiger partial charge >= 0.3 is 0 Å². The number of hydrogen-bond donors (Lipinski definition) is 1. The topological polar surface area (TPSA) is 35.6 Å². The zero-order valence-corrected chi connectivity index (χ0v) is 17.8. The number of carbonyl (C=O) groups is 1. The first-order valence-electron chi connectivity index (χ1n) is 9.82. The van der Waals surface area contributed by atoms with Crippen LogP contribution < -0.4 is 10.2 Å². The van der Waals surface area contributed by atoms with Crippen molar-refractivity contribution in [1.29, 1.82) is 0 Å². The fourth-order valence-electron chi connectivity index (χ4n) is 3.81. The molecule has 1 aliphatic heterocycles. The molecule has 1 saturated heterocycles. The lowest BCUT2D eigenvalue weighted by atomic mass is 10.0. The molecular formula is C23H23Cl2N3O. The smallest absolute Gasteiger partial charge is 0.256 e. The number of fused-ring (bicyclic) bond motifs is 1. The lowest BCUT2D eigenvalue weighted by molar-refractivity contribution is 0.102. The second kappa shape index (κ2) is 8.62. The molecule has 1 fully saturated rings. The number of rotatable bonds is 4. The molecule has 0 saturated carbocycles. The van der Waals surface area contributed by atoms with Gasteiger partial charge in [-0.3, -0.25) is 4.79 Å². The molecule has 3 aromatic carbocycles. The van der Waals surface area contributed by atoms with Gasteiger partial charge in [-0.25, -0.2) is 0 Å². The zero-order chi connectivity index (χ0) is 20.4. The molecule has 0 radical (unpaired) electrons. The van der Waals surface area contributed by atoms with E-state index in [1.807, 2.05) is 48.5 Å². The summed E-state index contributed by atoms with van der Waals surface area (Å²) in [6.07, 6.45) is 0. The Morgan fingerprint density at radius 1 is 0.931 bits per heavy atom. The van der Waals surface area contributed by atoms with Crippen LogP contribution in [0.5, 0.6) is 0 Å². The van der Waals surface area contributed by atoms with Gasteiger partial charge in [0.2, 0.25) is 0 Å². The van der Waals surface area contributed by atoms with E-state index >= 15 is 0 Å². The highest BCUT2D eigenvalue weighted by Crippen LogP contribution is 2.31. The average Bonchev–Trinajstić information content (AvgIpc) is 2.74. The summed E-state index contributed by atoms with van der Waals surface area (Å²) in [5.41, 5.74) is 2.27. The number of nitrogens with zero attached hydrogens (tertiary/aromatic N) is 2. The second-order valence-electron chi connectivity index (χ2n) is 7.18. The summed E-state index contributed by atoms with van der Waals surface area (Å²) in [5, 5.41) is 5.93. The van der Waals surface area contributed by atoms with Crippen molar-refractivity contribution in [2.45, 2.75) is 6.92 Å². The number of anilines is 2. The van der Waals surface area contributed by atoms with Crippen molar-refractivity contribution in [2.24, 2.45) is 0 Å². The Bertz CT molecular complexity index is 1050. The van der Waals surface area contributed by atoms with Gasteiger partial charge in [0.05, 0.1) is 10.7 Å². The Hall–Kier alpha value is -2.27. The predicted octanol–water partition coefficient (Wildman–Crippen LogP) is 5.54. The molecule has 6 heteroatoms. The number of benzene rings is 3. The van der Waals surface area contributed by atoms with E-state index in [9.17, 15) is 4.79 Å². The van der Waals surface area contributed by atoms with Crippen molar-refractivity contribution >= 4 is 51.3 Å². The van der Waals surface area contributed by atoms with Gasteiger partial charge in [0.25, 0.3) is 5.91 Å². The lowest BCUT2D eigenvalue weighted by Crippen LogP contribution is -2.46. The van der Waals surface area contributed by atoms with E-state index in [0.29, 0.717) is 21.3 Å². The molecule has 4 rings (SSSR count). The summed E-state index contributed by atoms with van der Waals surface area (Å²) < 4.78 is 0. The molecule has 1 heterocycles. The van der Waals surface area contributed by atoms with E-state index in [0.717, 1.165) is 49.2 Å². The summed E-state index contributed by atoms with van der Waals surface area (Å²) in [5.74, 6) is -0.182. The molecule has 0 aromatic heterocycles. The van der Waals surface area contributed by atoms with Gasteiger partial charge in [-0.1, -0.05) is 54.4 Å². The Balaban J connectivity index is 1.53. The highest BCUT2D eigenvalue weighted by Gasteiger charge is 2.18. The summed E-state index contributed by atoms with van der Waals surface area (Å²) in [6, 6.07) is 16.9. The summed E-state index contributed by atoms with van der Waals surface area (Å²) in [4.78, 5) is 17.6. The Labute approximate surface area is 181 Å². The quantitative estimate of drug-likeness (QED) is 0.593. The third-order valence-corrected chi connectivity index (χ3v) is 6.11. The normalized spacial score (nSPS) is 14.9. The SMILES string of the molecule is CCN1CCN(c2ccc(NC(=O)c3cccc4c(Cl)cccc34)cc2Cl)CC1. The van der Waals surface area contributed by atoms with E-state index in [1.54, 1.807) is 6.07 Å². The maximum Gasteiger partial charge on any atom is 0.256 e. The summed E-state index contributed by atoms with van der Waals surface area (Å²) in [7, 11) is 0. The number of halogens is 2. The summed E-state index contributed by atoms with van der Waals surface area (Å²) in [6.45, 7) is 7.24. The van der Waals surface area contributed by atoms with Gasteiger partial charge in [-0.2, -0.15) is 0 Å².